The molecule has 0 bridgehead atoms. The number of hydrogen-bond acceptors (Lipinski definition) is 1. The maximum Gasteiger partial charge on any atom is 0.0541 e. The summed E-state index contributed by atoms with van der Waals surface area (Å²) in [6.45, 7) is 35.0. The predicted molar refractivity (Wildman–Crippen MR) is 349 cm³/mol. The van der Waals surface area contributed by atoms with Crippen LogP contribution in [0.5, 0.6) is 0 Å². The van der Waals surface area contributed by atoms with Crippen LogP contribution in [0.4, 0.5) is 17.1 Å². The summed E-state index contributed by atoms with van der Waals surface area (Å²) in [4.78, 5) is 2.54. The first-order chi connectivity index (χ1) is 37.8. The summed E-state index contributed by atoms with van der Waals surface area (Å²) in [6.07, 6.45) is 0. The minimum absolute atomic E-state index is 0.0230. The number of rotatable bonds is 7. The van der Waals surface area contributed by atoms with Gasteiger partial charge in [0.2, 0.25) is 0 Å². The fraction of sp³-hybridized carbons (Fsp3) is 0.256. The van der Waals surface area contributed by atoms with Crippen molar-refractivity contribution in [2.24, 2.45) is 0 Å². The topological polar surface area (TPSA) is 8.17 Å². The molecular weight excluding hydrogens is 965 g/mol. The van der Waals surface area contributed by atoms with Crippen molar-refractivity contribution in [1.29, 1.82) is 0 Å². The third-order valence-electron chi connectivity index (χ3n) is 17.1. The van der Waals surface area contributed by atoms with Crippen LogP contribution in [0.15, 0.2) is 200 Å². The Bertz CT molecular complexity index is 4220. The van der Waals surface area contributed by atoms with E-state index in [1.807, 2.05) is 0 Å². The lowest BCUT2D eigenvalue weighted by atomic mass is 9.78. The van der Waals surface area contributed by atoms with Crippen LogP contribution in [0.2, 0.25) is 0 Å². The molecule has 0 spiro atoms. The van der Waals surface area contributed by atoms with Gasteiger partial charge in [0.15, 0.2) is 0 Å². The molecule has 12 aromatic rings. The zero-order valence-corrected chi connectivity index (χ0v) is 49.9. The molecule has 0 atom stereocenters. The Labute approximate surface area is 476 Å². The standard InChI is InChI=1S/C78H78N2/c1-74(2,3)57-40-54(41-58(46-57)75(4,5)6)51-26-24-49(25-27-51)50-28-34-62(35-29-50)79(63-45-56(44-61(48-63)78(13,14)15)55-42-59(76(7,8)9)47-60(43-55)77(10,11)12)70-38-32-52-31-37-67-71(39-33-53-30-36-66(70)72(52)73(53)67)80-68-22-18-16-20-64(68)65-21-17-19-23-69(65)80/h16-48H,1-15H3. The fourth-order valence-corrected chi connectivity index (χ4v) is 12.1. The highest BCUT2D eigenvalue weighted by atomic mass is 15.1. The van der Waals surface area contributed by atoms with Crippen LogP contribution in [0, 0.1) is 0 Å². The average Bonchev–Trinajstić information content (AvgIpc) is 3.76. The molecule has 0 fully saturated rings. The zero-order chi connectivity index (χ0) is 56.4. The van der Waals surface area contributed by atoms with Crippen molar-refractivity contribution < 1.29 is 0 Å². The van der Waals surface area contributed by atoms with E-state index in [-0.39, 0.29) is 27.1 Å². The molecule has 0 saturated heterocycles. The SMILES string of the molecule is CC(C)(C)c1cc(-c2cc(C(C)(C)C)cc(C(C)(C)C)c2)cc(N(c2ccc(-c3ccc(-c4cc(C(C)(C)C)cc(C(C)(C)C)c4)cc3)cc2)c2ccc3ccc4c(-n5c6ccccc6c6ccccc65)ccc5ccc2c3c54)c1. The molecule has 0 aliphatic carbocycles. The van der Waals surface area contributed by atoms with E-state index >= 15 is 0 Å². The van der Waals surface area contributed by atoms with Crippen LogP contribution in [0.3, 0.4) is 0 Å². The van der Waals surface area contributed by atoms with Gasteiger partial charge in [-0.1, -0.05) is 256 Å². The monoisotopic (exact) mass is 1040 g/mol. The van der Waals surface area contributed by atoms with Gasteiger partial charge in [0.05, 0.1) is 22.4 Å². The summed E-state index contributed by atoms with van der Waals surface area (Å²) in [5.74, 6) is 0. The number of hydrogen-bond donors (Lipinski definition) is 0. The Morgan fingerprint density at radius 3 is 1.11 bits per heavy atom. The van der Waals surface area contributed by atoms with Crippen molar-refractivity contribution in [3.63, 3.8) is 0 Å². The Kier molecular flexibility index (Phi) is 12.4. The van der Waals surface area contributed by atoms with E-state index in [4.69, 9.17) is 0 Å². The lowest BCUT2D eigenvalue weighted by Crippen LogP contribution is -2.17. The van der Waals surface area contributed by atoms with Gasteiger partial charge in [0.25, 0.3) is 0 Å². The quantitative estimate of drug-likeness (QED) is 0.144. The van der Waals surface area contributed by atoms with E-state index in [0.717, 1.165) is 17.1 Å². The molecule has 11 aromatic carbocycles. The summed E-state index contributed by atoms with van der Waals surface area (Å²) >= 11 is 0. The lowest BCUT2D eigenvalue weighted by molar-refractivity contribution is 0.568. The number of nitrogens with zero attached hydrogens (tertiary/aromatic N) is 2. The summed E-state index contributed by atoms with van der Waals surface area (Å²) < 4.78 is 2.48. The molecule has 0 unspecified atom stereocenters. The highest BCUT2D eigenvalue weighted by Gasteiger charge is 2.27. The second-order valence-electron chi connectivity index (χ2n) is 28.0. The first-order valence-electron chi connectivity index (χ1n) is 29.0. The third-order valence-corrected chi connectivity index (χ3v) is 17.1. The molecule has 0 radical (unpaired) electrons. The van der Waals surface area contributed by atoms with Crippen LogP contribution >= 0.6 is 0 Å². The molecule has 80 heavy (non-hydrogen) atoms. The molecule has 2 heteroatoms. The highest BCUT2D eigenvalue weighted by molar-refractivity contribution is 6.27. The summed E-state index contributed by atoms with van der Waals surface area (Å²) in [5.41, 5.74) is 21.0. The van der Waals surface area contributed by atoms with E-state index in [1.54, 1.807) is 0 Å². The maximum absolute atomic E-state index is 2.54. The van der Waals surface area contributed by atoms with Crippen molar-refractivity contribution >= 4 is 71.2 Å². The number of para-hydroxylation sites is 2. The van der Waals surface area contributed by atoms with Gasteiger partial charge in [0, 0.05) is 32.9 Å². The summed E-state index contributed by atoms with van der Waals surface area (Å²) in [5, 5.41) is 10.0. The second kappa shape index (κ2) is 18.8. The van der Waals surface area contributed by atoms with Crippen molar-refractivity contribution in [3.8, 4) is 39.1 Å². The molecule has 0 aliphatic rings. The maximum atomic E-state index is 2.54. The van der Waals surface area contributed by atoms with E-state index in [0.29, 0.717) is 0 Å². The smallest absolute Gasteiger partial charge is 0.0541 e. The van der Waals surface area contributed by atoms with Gasteiger partial charge < -0.3 is 9.47 Å². The number of fused-ring (bicyclic) bond motifs is 3. The van der Waals surface area contributed by atoms with Gasteiger partial charge in [-0.05, 0) is 158 Å². The highest BCUT2D eigenvalue weighted by Crippen LogP contribution is 2.48. The van der Waals surface area contributed by atoms with E-state index in [1.165, 1.54) is 121 Å². The molecule has 1 aromatic heterocycles. The van der Waals surface area contributed by atoms with E-state index in [9.17, 15) is 0 Å². The molecule has 1 heterocycles. The molecular formula is C78H78N2. The van der Waals surface area contributed by atoms with Crippen LogP contribution in [0.25, 0.3) is 93.2 Å². The third kappa shape index (κ3) is 9.45. The molecule has 2 nitrogen and oxygen atoms in total. The van der Waals surface area contributed by atoms with Crippen LogP contribution in [0.1, 0.15) is 132 Å². The minimum atomic E-state index is -0.130. The van der Waals surface area contributed by atoms with Gasteiger partial charge in [0.1, 0.15) is 0 Å². The van der Waals surface area contributed by atoms with Crippen molar-refractivity contribution in [1.82, 2.24) is 4.57 Å². The lowest BCUT2D eigenvalue weighted by Gasteiger charge is -2.31. The fourth-order valence-electron chi connectivity index (χ4n) is 12.1. The Morgan fingerprint density at radius 1 is 0.275 bits per heavy atom. The number of benzene rings is 11. The van der Waals surface area contributed by atoms with Gasteiger partial charge in [-0.2, -0.15) is 0 Å². The molecule has 0 N–H and O–H groups in total. The van der Waals surface area contributed by atoms with E-state index < -0.39 is 0 Å². The van der Waals surface area contributed by atoms with Crippen LogP contribution in [-0.2, 0) is 27.1 Å². The summed E-state index contributed by atoms with van der Waals surface area (Å²) in [7, 11) is 0. The van der Waals surface area contributed by atoms with Gasteiger partial charge in [-0.25, -0.2) is 0 Å². The van der Waals surface area contributed by atoms with Crippen LogP contribution in [-0.4, -0.2) is 4.57 Å². The first kappa shape index (κ1) is 52.7. The predicted octanol–water partition coefficient (Wildman–Crippen LogP) is 22.6. The van der Waals surface area contributed by atoms with Crippen molar-refractivity contribution in [2.75, 3.05) is 4.90 Å². The van der Waals surface area contributed by atoms with Gasteiger partial charge in [-0.15, -0.1) is 0 Å². The minimum Gasteiger partial charge on any atom is -0.310 e. The molecule has 400 valence electrons. The van der Waals surface area contributed by atoms with Gasteiger partial charge in [-0.3, -0.25) is 0 Å². The molecule has 0 saturated carbocycles. The van der Waals surface area contributed by atoms with Crippen LogP contribution < -0.4 is 4.90 Å². The molecule has 0 aliphatic heterocycles. The molecule has 0 amide bonds. The number of aromatic nitrogens is 1. The summed E-state index contributed by atoms with van der Waals surface area (Å²) in [6, 6.07) is 76.9. The van der Waals surface area contributed by atoms with Gasteiger partial charge >= 0.3 is 0 Å². The Hall–Kier alpha value is -7.94. The number of anilines is 3. The molecule has 12 rings (SSSR count). The average molecular weight is 1040 g/mol. The largest absolute Gasteiger partial charge is 0.310 e. The second-order valence-corrected chi connectivity index (χ2v) is 28.0. The Morgan fingerprint density at radius 2 is 0.637 bits per heavy atom. The Balaban J connectivity index is 1.06. The van der Waals surface area contributed by atoms with Crippen molar-refractivity contribution in [3.05, 3.63) is 228 Å². The normalized spacial score (nSPS) is 12.9. The van der Waals surface area contributed by atoms with Crippen molar-refractivity contribution in [2.45, 2.75) is 131 Å². The van der Waals surface area contributed by atoms with E-state index in [2.05, 4.69) is 314 Å². The first-order valence-corrected chi connectivity index (χ1v) is 29.0. The zero-order valence-electron chi connectivity index (χ0n) is 49.9.